The van der Waals surface area contributed by atoms with Crippen LogP contribution in [0.15, 0.2) is 29.2 Å². The molecule has 0 aliphatic heterocycles. The fourth-order valence-electron chi connectivity index (χ4n) is 2.82. The zero-order valence-electron chi connectivity index (χ0n) is 10.8. The first-order valence-corrected chi connectivity index (χ1v) is 8.11. The van der Waals surface area contributed by atoms with Crippen LogP contribution >= 0.6 is 0 Å². The van der Waals surface area contributed by atoms with Gasteiger partial charge in [0.2, 0.25) is 0 Å². The maximum atomic E-state index is 12.7. The van der Waals surface area contributed by atoms with Crippen molar-refractivity contribution in [2.45, 2.75) is 42.8 Å². The molecule has 100 valence electrons. The SMILES string of the molecule is Cc1cccc(S(=O)(=O)C2CCCCC2CN)c1. The van der Waals surface area contributed by atoms with Crippen molar-refractivity contribution >= 4 is 9.84 Å². The highest BCUT2D eigenvalue weighted by molar-refractivity contribution is 7.92. The molecule has 0 saturated heterocycles. The Morgan fingerprint density at radius 1 is 1.28 bits per heavy atom. The predicted octanol–water partition coefficient (Wildman–Crippen LogP) is 2.29. The van der Waals surface area contributed by atoms with Gasteiger partial charge in [0.1, 0.15) is 0 Å². The Hall–Kier alpha value is -0.870. The molecule has 0 spiro atoms. The summed E-state index contributed by atoms with van der Waals surface area (Å²) in [4.78, 5) is 0.452. The highest BCUT2D eigenvalue weighted by Gasteiger charge is 2.35. The van der Waals surface area contributed by atoms with E-state index < -0.39 is 9.84 Å². The van der Waals surface area contributed by atoms with E-state index in [4.69, 9.17) is 5.73 Å². The Labute approximate surface area is 109 Å². The molecule has 0 aromatic heterocycles. The van der Waals surface area contributed by atoms with E-state index in [2.05, 4.69) is 0 Å². The molecular weight excluding hydrogens is 246 g/mol. The summed E-state index contributed by atoms with van der Waals surface area (Å²) in [7, 11) is -3.23. The zero-order valence-corrected chi connectivity index (χ0v) is 11.6. The molecule has 3 nitrogen and oxygen atoms in total. The average molecular weight is 267 g/mol. The normalized spacial score (nSPS) is 25.0. The Kier molecular flexibility index (Phi) is 4.07. The highest BCUT2D eigenvalue weighted by atomic mass is 32.2. The Balaban J connectivity index is 2.35. The minimum Gasteiger partial charge on any atom is -0.330 e. The van der Waals surface area contributed by atoms with Gasteiger partial charge in [-0.25, -0.2) is 8.42 Å². The average Bonchev–Trinajstić information content (AvgIpc) is 2.38. The van der Waals surface area contributed by atoms with E-state index in [-0.39, 0.29) is 11.2 Å². The molecule has 2 N–H and O–H groups in total. The minimum absolute atomic E-state index is 0.115. The molecule has 1 aromatic rings. The van der Waals surface area contributed by atoms with Crippen molar-refractivity contribution in [3.8, 4) is 0 Å². The molecule has 1 saturated carbocycles. The molecule has 1 aliphatic carbocycles. The van der Waals surface area contributed by atoms with Crippen LogP contribution in [-0.2, 0) is 9.84 Å². The molecule has 0 heterocycles. The molecule has 4 heteroatoms. The first-order chi connectivity index (χ1) is 8.55. The molecule has 2 unspecified atom stereocenters. The van der Waals surface area contributed by atoms with Gasteiger partial charge in [0.25, 0.3) is 0 Å². The van der Waals surface area contributed by atoms with Crippen molar-refractivity contribution in [2.75, 3.05) is 6.54 Å². The summed E-state index contributed by atoms with van der Waals surface area (Å²) in [6, 6.07) is 7.19. The molecule has 1 aliphatic rings. The molecule has 18 heavy (non-hydrogen) atoms. The monoisotopic (exact) mass is 267 g/mol. The molecule has 0 bridgehead atoms. The molecular formula is C14H21NO2S. The van der Waals surface area contributed by atoms with Crippen molar-refractivity contribution in [3.05, 3.63) is 29.8 Å². The Morgan fingerprint density at radius 2 is 2.00 bits per heavy atom. The van der Waals surface area contributed by atoms with E-state index in [9.17, 15) is 8.42 Å². The van der Waals surface area contributed by atoms with Crippen LogP contribution in [0.5, 0.6) is 0 Å². The van der Waals surface area contributed by atoms with Crippen molar-refractivity contribution in [3.63, 3.8) is 0 Å². The van der Waals surface area contributed by atoms with E-state index >= 15 is 0 Å². The molecule has 2 atom stereocenters. The number of hydrogen-bond acceptors (Lipinski definition) is 3. The van der Waals surface area contributed by atoms with Crippen LogP contribution in [0.4, 0.5) is 0 Å². The van der Waals surface area contributed by atoms with Crippen LogP contribution in [0.3, 0.4) is 0 Å². The van der Waals surface area contributed by atoms with E-state index in [1.165, 1.54) is 0 Å². The summed E-state index contributed by atoms with van der Waals surface area (Å²) in [5.41, 5.74) is 6.72. The second kappa shape index (κ2) is 5.41. The smallest absolute Gasteiger partial charge is 0.181 e. The maximum Gasteiger partial charge on any atom is 0.181 e. The molecule has 0 amide bonds. The topological polar surface area (TPSA) is 60.2 Å². The lowest BCUT2D eigenvalue weighted by atomic mass is 9.89. The summed E-state index contributed by atoms with van der Waals surface area (Å²) in [5.74, 6) is 0.115. The van der Waals surface area contributed by atoms with Crippen molar-refractivity contribution < 1.29 is 8.42 Å². The number of hydrogen-bond donors (Lipinski definition) is 1. The van der Waals surface area contributed by atoms with E-state index in [1.807, 2.05) is 19.1 Å². The van der Waals surface area contributed by atoms with Crippen LogP contribution in [0.2, 0.25) is 0 Å². The first kappa shape index (κ1) is 13.6. The summed E-state index contributed by atoms with van der Waals surface area (Å²) in [6.07, 6.45) is 3.78. The first-order valence-electron chi connectivity index (χ1n) is 6.56. The van der Waals surface area contributed by atoms with Gasteiger partial charge in [0, 0.05) is 0 Å². The van der Waals surface area contributed by atoms with Gasteiger partial charge in [0.05, 0.1) is 10.1 Å². The number of nitrogens with two attached hydrogens (primary N) is 1. The van der Waals surface area contributed by atoms with Gasteiger partial charge < -0.3 is 5.73 Å². The third kappa shape index (κ3) is 2.59. The standard InChI is InChI=1S/C14H21NO2S/c1-11-5-4-7-13(9-11)18(16,17)14-8-3-2-6-12(14)10-15/h4-5,7,9,12,14H,2-3,6,8,10,15H2,1H3. The fraction of sp³-hybridized carbons (Fsp3) is 0.571. The quantitative estimate of drug-likeness (QED) is 0.914. The number of rotatable bonds is 3. The lowest BCUT2D eigenvalue weighted by Gasteiger charge is -2.30. The second-order valence-electron chi connectivity index (χ2n) is 5.18. The fourth-order valence-corrected chi connectivity index (χ4v) is 5.02. The maximum absolute atomic E-state index is 12.7. The predicted molar refractivity (Wildman–Crippen MR) is 73.2 cm³/mol. The third-order valence-corrected chi connectivity index (χ3v) is 6.19. The van der Waals surface area contributed by atoms with Gasteiger partial charge in [-0.3, -0.25) is 0 Å². The van der Waals surface area contributed by atoms with E-state index in [1.54, 1.807) is 12.1 Å². The van der Waals surface area contributed by atoms with Crippen LogP contribution in [-0.4, -0.2) is 20.2 Å². The summed E-state index contributed by atoms with van der Waals surface area (Å²) in [6.45, 7) is 2.38. The number of aryl methyl sites for hydroxylation is 1. The zero-order chi connectivity index (χ0) is 13.2. The van der Waals surface area contributed by atoms with Crippen molar-refractivity contribution in [1.82, 2.24) is 0 Å². The van der Waals surface area contributed by atoms with Gasteiger partial charge >= 0.3 is 0 Å². The van der Waals surface area contributed by atoms with Crippen molar-refractivity contribution in [1.29, 1.82) is 0 Å². The van der Waals surface area contributed by atoms with Gasteiger partial charge in [-0.1, -0.05) is 25.0 Å². The molecule has 1 aromatic carbocycles. The van der Waals surface area contributed by atoms with Crippen LogP contribution in [0.25, 0.3) is 0 Å². The van der Waals surface area contributed by atoms with E-state index in [0.29, 0.717) is 11.4 Å². The van der Waals surface area contributed by atoms with Crippen LogP contribution in [0.1, 0.15) is 31.2 Å². The second-order valence-corrected chi connectivity index (χ2v) is 7.35. The van der Waals surface area contributed by atoms with Gasteiger partial charge in [-0.15, -0.1) is 0 Å². The summed E-state index contributed by atoms with van der Waals surface area (Å²) < 4.78 is 25.3. The lowest BCUT2D eigenvalue weighted by Crippen LogP contribution is -2.37. The minimum atomic E-state index is -3.23. The highest BCUT2D eigenvalue weighted by Crippen LogP contribution is 2.32. The van der Waals surface area contributed by atoms with Crippen LogP contribution < -0.4 is 5.73 Å². The Bertz CT molecular complexity index is 510. The van der Waals surface area contributed by atoms with Crippen LogP contribution in [0, 0.1) is 12.8 Å². The molecule has 1 fully saturated rings. The third-order valence-electron chi connectivity index (χ3n) is 3.86. The molecule has 2 rings (SSSR count). The lowest BCUT2D eigenvalue weighted by molar-refractivity contribution is 0.363. The van der Waals surface area contributed by atoms with Gasteiger partial charge in [-0.05, 0) is 49.9 Å². The molecule has 0 radical (unpaired) electrons. The van der Waals surface area contributed by atoms with Gasteiger partial charge in [-0.2, -0.15) is 0 Å². The summed E-state index contributed by atoms with van der Waals surface area (Å²) >= 11 is 0. The number of benzene rings is 1. The Morgan fingerprint density at radius 3 is 2.67 bits per heavy atom. The van der Waals surface area contributed by atoms with Gasteiger partial charge in [0.15, 0.2) is 9.84 Å². The number of sulfone groups is 1. The van der Waals surface area contributed by atoms with E-state index in [0.717, 1.165) is 31.2 Å². The van der Waals surface area contributed by atoms with Crippen molar-refractivity contribution in [2.24, 2.45) is 11.7 Å². The summed E-state index contributed by atoms with van der Waals surface area (Å²) in [5, 5.41) is -0.293. The largest absolute Gasteiger partial charge is 0.330 e.